The van der Waals surface area contributed by atoms with E-state index in [1.165, 1.54) is 0 Å². The Morgan fingerprint density at radius 2 is 1.71 bits per heavy atom. The van der Waals surface area contributed by atoms with E-state index in [2.05, 4.69) is 5.32 Å². The van der Waals surface area contributed by atoms with E-state index in [0.717, 1.165) is 29.7 Å². The predicted octanol–water partition coefficient (Wildman–Crippen LogP) is 1.44. The molecule has 148 valence electrons. The summed E-state index contributed by atoms with van der Waals surface area (Å²) in [7, 11) is 0. The summed E-state index contributed by atoms with van der Waals surface area (Å²) < 4.78 is 4.99. The first-order chi connectivity index (χ1) is 13.5. The molecule has 2 bridgehead atoms. The van der Waals surface area contributed by atoms with Crippen LogP contribution in [-0.2, 0) is 23.9 Å². The third-order valence-electron chi connectivity index (χ3n) is 6.35. The van der Waals surface area contributed by atoms with Crippen LogP contribution in [0.3, 0.4) is 0 Å². The Labute approximate surface area is 163 Å². The first kappa shape index (κ1) is 18.7. The number of esters is 1. The van der Waals surface area contributed by atoms with E-state index in [-0.39, 0.29) is 41.5 Å². The minimum absolute atomic E-state index is 0.219. The lowest BCUT2D eigenvalue weighted by molar-refractivity contribution is -0.155. The molecule has 3 aliphatic rings. The molecule has 1 N–H and O–H groups in total. The number of fused-ring (bicyclic) bond motifs is 5. The van der Waals surface area contributed by atoms with E-state index in [1.54, 1.807) is 0 Å². The fraction of sp³-hybridized carbons (Fsp3) is 0.524. The van der Waals surface area contributed by atoms with Gasteiger partial charge in [0.1, 0.15) is 6.54 Å². The lowest BCUT2D eigenvalue weighted by atomic mass is 9.81. The van der Waals surface area contributed by atoms with E-state index < -0.39 is 25.0 Å². The van der Waals surface area contributed by atoms with Crippen LogP contribution in [0.2, 0.25) is 0 Å². The third kappa shape index (κ3) is 3.30. The number of amides is 3. The normalized spacial score (nSPS) is 29.0. The van der Waals surface area contributed by atoms with Crippen LogP contribution in [0.5, 0.6) is 0 Å². The number of imide groups is 1. The van der Waals surface area contributed by atoms with Crippen LogP contribution in [0.1, 0.15) is 37.8 Å². The number of ether oxygens (including phenoxy) is 1. The van der Waals surface area contributed by atoms with E-state index in [4.69, 9.17) is 4.74 Å². The second-order valence-electron chi connectivity index (χ2n) is 8.01. The largest absolute Gasteiger partial charge is 0.454 e. The van der Waals surface area contributed by atoms with Crippen molar-refractivity contribution in [1.29, 1.82) is 0 Å². The Bertz CT molecular complexity index is 780. The van der Waals surface area contributed by atoms with Crippen LogP contribution in [-0.4, -0.2) is 41.7 Å². The Morgan fingerprint density at radius 3 is 2.32 bits per heavy atom. The highest BCUT2D eigenvalue weighted by molar-refractivity contribution is 6.07. The quantitative estimate of drug-likeness (QED) is 0.592. The van der Waals surface area contributed by atoms with Gasteiger partial charge >= 0.3 is 5.97 Å². The number of carbonyl (C=O) groups excluding carboxylic acids is 4. The molecule has 2 saturated carbocycles. The lowest BCUT2D eigenvalue weighted by Gasteiger charge is -2.19. The molecule has 1 aliphatic heterocycles. The number of rotatable bonds is 6. The smallest absolute Gasteiger partial charge is 0.326 e. The number of carbonyl (C=O) groups is 4. The van der Waals surface area contributed by atoms with Crippen LogP contribution >= 0.6 is 0 Å². The highest BCUT2D eigenvalue weighted by Gasteiger charge is 2.61. The molecule has 0 aromatic heterocycles. The average molecular weight is 384 g/mol. The van der Waals surface area contributed by atoms with Crippen molar-refractivity contribution in [2.24, 2.45) is 23.7 Å². The zero-order chi connectivity index (χ0) is 19.8. The Balaban J connectivity index is 1.26. The number of hydrogen-bond acceptors (Lipinski definition) is 5. The first-order valence-electron chi connectivity index (χ1n) is 9.81. The second kappa shape index (κ2) is 7.37. The molecule has 0 spiro atoms. The van der Waals surface area contributed by atoms with Gasteiger partial charge in [0.05, 0.1) is 17.9 Å². The van der Waals surface area contributed by atoms with Crippen molar-refractivity contribution >= 4 is 23.7 Å². The van der Waals surface area contributed by atoms with E-state index in [0.29, 0.717) is 0 Å². The molecule has 0 radical (unpaired) electrons. The summed E-state index contributed by atoms with van der Waals surface area (Å²) in [6.45, 7) is 0.986. The fourth-order valence-electron chi connectivity index (χ4n) is 5.06. The minimum atomic E-state index is -0.739. The maximum Gasteiger partial charge on any atom is 0.326 e. The van der Waals surface area contributed by atoms with Crippen LogP contribution in [0.15, 0.2) is 30.3 Å². The molecule has 4 rings (SSSR count). The Hall–Kier alpha value is -2.70. The third-order valence-corrected chi connectivity index (χ3v) is 6.35. The summed E-state index contributed by atoms with van der Waals surface area (Å²) >= 11 is 0. The fourth-order valence-corrected chi connectivity index (χ4v) is 5.06. The molecule has 3 amide bonds. The van der Waals surface area contributed by atoms with Gasteiger partial charge in [-0.25, -0.2) is 0 Å². The zero-order valence-electron chi connectivity index (χ0n) is 15.8. The van der Waals surface area contributed by atoms with E-state index >= 15 is 0 Å². The van der Waals surface area contributed by atoms with Crippen LogP contribution in [0, 0.1) is 23.7 Å². The van der Waals surface area contributed by atoms with Crippen LogP contribution in [0.4, 0.5) is 0 Å². The minimum Gasteiger partial charge on any atom is -0.454 e. The first-order valence-corrected chi connectivity index (χ1v) is 9.81. The molecular weight excluding hydrogens is 360 g/mol. The van der Waals surface area contributed by atoms with Gasteiger partial charge in [-0.05, 0) is 43.6 Å². The van der Waals surface area contributed by atoms with Crippen molar-refractivity contribution in [2.45, 2.75) is 32.2 Å². The molecule has 7 nitrogen and oxygen atoms in total. The zero-order valence-corrected chi connectivity index (χ0v) is 15.8. The Morgan fingerprint density at radius 1 is 1.11 bits per heavy atom. The van der Waals surface area contributed by atoms with E-state index in [1.807, 2.05) is 37.3 Å². The van der Waals surface area contributed by atoms with Gasteiger partial charge in [-0.1, -0.05) is 30.3 Å². The van der Waals surface area contributed by atoms with Crippen molar-refractivity contribution in [2.75, 3.05) is 13.2 Å². The molecule has 2 aliphatic carbocycles. The molecule has 1 saturated heterocycles. The van der Waals surface area contributed by atoms with Gasteiger partial charge in [-0.2, -0.15) is 0 Å². The summed E-state index contributed by atoms with van der Waals surface area (Å²) in [6.07, 6.45) is 2.93. The van der Waals surface area contributed by atoms with Gasteiger partial charge in [0, 0.05) is 0 Å². The number of nitrogens with zero attached hydrogens (tertiary/aromatic N) is 1. The number of hydrogen-bond donors (Lipinski definition) is 1. The molecule has 1 aromatic carbocycles. The highest BCUT2D eigenvalue weighted by Crippen LogP contribution is 2.56. The molecule has 1 aromatic rings. The van der Waals surface area contributed by atoms with Gasteiger partial charge < -0.3 is 10.1 Å². The van der Waals surface area contributed by atoms with Gasteiger partial charge in [-0.3, -0.25) is 24.1 Å². The van der Waals surface area contributed by atoms with Gasteiger partial charge in [0.25, 0.3) is 5.91 Å². The summed E-state index contributed by atoms with van der Waals surface area (Å²) in [5.74, 6) is -1.63. The molecule has 3 fully saturated rings. The van der Waals surface area contributed by atoms with Gasteiger partial charge in [-0.15, -0.1) is 0 Å². The van der Waals surface area contributed by atoms with Crippen LogP contribution in [0.25, 0.3) is 0 Å². The Kier molecular flexibility index (Phi) is 4.91. The molecule has 5 atom stereocenters. The van der Waals surface area contributed by atoms with Crippen molar-refractivity contribution in [1.82, 2.24) is 10.2 Å². The summed E-state index contributed by atoms with van der Waals surface area (Å²) in [4.78, 5) is 50.3. The van der Waals surface area contributed by atoms with Crippen molar-refractivity contribution in [3.05, 3.63) is 35.9 Å². The van der Waals surface area contributed by atoms with Gasteiger partial charge in [0.15, 0.2) is 6.61 Å². The standard InChI is InChI=1S/C21H24N2O5/c1-12(13-5-3-2-4-6-13)22-16(24)11-28-17(25)10-23-20(26)18-14-7-8-15(9-14)19(18)21(23)27/h2-6,12,14-15,18-19H,7-11H2,1H3,(H,22,24)/t12-,14-,15+,18-,19+/m0/s1. The average Bonchev–Trinajstić information content (AvgIpc) is 3.37. The maximum absolute atomic E-state index is 12.6. The molecular formula is C21H24N2O5. The van der Waals surface area contributed by atoms with Crippen molar-refractivity contribution in [3.8, 4) is 0 Å². The summed E-state index contributed by atoms with van der Waals surface area (Å²) in [5, 5.41) is 2.75. The molecule has 28 heavy (non-hydrogen) atoms. The SMILES string of the molecule is C[C@H](NC(=O)COC(=O)CN1C(=O)[C@@H]2[C@@H]3CC[C@@H](C3)[C@@H]2C1=O)c1ccccc1. The maximum atomic E-state index is 12.6. The van der Waals surface area contributed by atoms with Crippen LogP contribution < -0.4 is 5.32 Å². The number of benzene rings is 1. The monoisotopic (exact) mass is 384 g/mol. The number of nitrogens with one attached hydrogen (secondary N) is 1. The van der Waals surface area contributed by atoms with Crippen molar-refractivity contribution < 1.29 is 23.9 Å². The van der Waals surface area contributed by atoms with Crippen molar-refractivity contribution in [3.63, 3.8) is 0 Å². The molecule has 1 heterocycles. The number of likely N-dealkylation sites (tertiary alicyclic amines) is 1. The molecule has 7 heteroatoms. The summed E-state index contributed by atoms with van der Waals surface area (Å²) in [6, 6.07) is 9.22. The lowest BCUT2D eigenvalue weighted by Crippen LogP contribution is -2.39. The summed E-state index contributed by atoms with van der Waals surface area (Å²) in [5.41, 5.74) is 0.941. The molecule has 0 unspecified atom stereocenters. The second-order valence-corrected chi connectivity index (χ2v) is 8.01. The van der Waals surface area contributed by atoms with E-state index in [9.17, 15) is 19.2 Å². The predicted molar refractivity (Wildman–Crippen MR) is 98.5 cm³/mol. The highest BCUT2D eigenvalue weighted by atomic mass is 16.5. The topological polar surface area (TPSA) is 92.8 Å². The van der Waals surface area contributed by atoms with Gasteiger partial charge in [0.2, 0.25) is 11.8 Å².